The minimum Gasteiger partial charge on any atom is -0.355 e. The number of hydrogen-bond donors (Lipinski definition) is 2. The number of nitrogens with zero attached hydrogens (tertiary/aromatic N) is 4. The van der Waals surface area contributed by atoms with Crippen molar-refractivity contribution < 1.29 is 14.3 Å². The number of pyridine rings is 1. The molecule has 7 nitrogen and oxygen atoms in total. The lowest BCUT2D eigenvalue weighted by Gasteiger charge is -2.25. The van der Waals surface area contributed by atoms with E-state index in [-0.39, 0.29) is 17.5 Å². The van der Waals surface area contributed by atoms with Gasteiger partial charge in [-0.3, -0.25) is 20.1 Å². The fourth-order valence-electron chi connectivity index (χ4n) is 4.66. The quantitative estimate of drug-likeness (QED) is 0.566. The molecule has 176 valence electrons. The Morgan fingerprint density at radius 2 is 2.03 bits per heavy atom. The van der Waals surface area contributed by atoms with Gasteiger partial charge in [-0.2, -0.15) is 5.10 Å². The van der Waals surface area contributed by atoms with Crippen LogP contribution in [0.5, 0.6) is 0 Å². The highest BCUT2D eigenvalue weighted by atomic mass is 35.5. The van der Waals surface area contributed by atoms with Crippen molar-refractivity contribution in [3.05, 3.63) is 59.5 Å². The minimum atomic E-state index is -1.15. The molecule has 3 aromatic rings. The van der Waals surface area contributed by atoms with E-state index in [1.807, 2.05) is 42.2 Å². The molecule has 34 heavy (non-hydrogen) atoms. The molecule has 2 N–H and O–H groups in total. The summed E-state index contributed by atoms with van der Waals surface area (Å²) in [4.78, 5) is 19.7. The lowest BCUT2D eigenvalue weighted by atomic mass is 10.0. The van der Waals surface area contributed by atoms with Gasteiger partial charge in [-0.25, -0.2) is 4.39 Å². The van der Waals surface area contributed by atoms with Crippen molar-refractivity contribution in [3.63, 3.8) is 0 Å². The molecule has 0 bridgehead atoms. The van der Waals surface area contributed by atoms with Gasteiger partial charge in [-0.15, -0.1) is 0 Å². The van der Waals surface area contributed by atoms with Crippen molar-refractivity contribution in [2.45, 2.75) is 32.5 Å². The number of amidine groups is 1. The van der Waals surface area contributed by atoms with Gasteiger partial charge in [-0.05, 0) is 47.7 Å². The molecule has 1 aromatic heterocycles. The molecule has 2 aliphatic heterocycles. The van der Waals surface area contributed by atoms with Crippen molar-refractivity contribution in [1.29, 1.82) is 0 Å². The summed E-state index contributed by atoms with van der Waals surface area (Å²) < 4.78 is 15.3. The Kier molecular flexibility index (Phi) is 6.10. The van der Waals surface area contributed by atoms with Crippen molar-refractivity contribution in [3.8, 4) is 11.1 Å². The Labute approximate surface area is 201 Å². The number of amides is 1. The lowest BCUT2D eigenvalue weighted by molar-refractivity contribution is -0.129. The average Bonchev–Trinajstić information content (AvgIpc) is 3.45. The van der Waals surface area contributed by atoms with E-state index in [1.54, 1.807) is 12.3 Å². The van der Waals surface area contributed by atoms with Crippen LogP contribution in [0.4, 0.5) is 10.1 Å². The zero-order chi connectivity index (χ0) is 23.8. The predicted molar refractivity (Wildman–Crippen MR) is 131 cm³/mol. The van der Waals surface area contributed by atoms with Crippen LogP contribution >= 0.6 is 11.6 Å². The van der Waals surface area contributed by atoms with E-state index >= 15 is 4.39 Å². The van der Waals surface area contributed by atoms with Crippen LogP contribution in [0.2, 0.25) is 5.02 Å². The number of aliphatic hydroxyl groups is 1. The van der Waals surface area contributed by atoms with Gasteiger partial charge >= 0.3 is 0 Å². The molecule has 0 spiro atoms. The number of rotatable bonds is 5. The van der Waals surface area contributed by atoms with Crippen molar-refractivity contribution in [1.82, 2.24) is 15.3 Å². The molecule has 0 radical (unpaired) electrons. The van der Waals surface area contributed by atoms with Crippen LogP contribution in [0.1, 0.15) is 26.2 Å². The highest BCUT2D eigenvalue weighted by molar-refractivity contribution is 6.31. The summed E-state index contributed by atoms with van der Waals surface area (Å²) in [6.45, 7) is 3.23. The fraction of sp³-hybridized carbons (Fsp3) is 0.320. The van der Waals surface area contributed by atoms with Crippen molar-refractivity contribution >= 4 is 39.9 Å². The van der Waals surface area contributed by atoms with Crippen LogP contribution in [-0.4, -0.2) is 46.2 Å². The third-order valence-corrected chi connectivity index (χ3v) is 6.64. The number of hydrogen-bond acceptors (Lipinski definition) is 6. The van der Waals surface area contributed by atoms with Crippen LogP contribution in [0.15, 0.2) is 53.8 Å². The van der Waals surface area contributed by atoms with E-state index in [9.17, 15) is 9.90 Å². The summed E-state index contributed by atoms with van der Waals surface area (Å²) in [5.41, 5.74) is 5.18. The molecular weight excluding hydrogens is 457 g/mol. The van der Waals surface area contributed by atoms with E-state index in [0.717, 1.165) is 29.4 Å². The van der Waals surface area contributed by atoms with E-state index in [2.05, 4.69) is 15.5 Å². The van der Waals surface area contributed by atoms with Crippen LogP contribution < -0.4 is 10.3 Å². The first-order valence-corrected chi connectivity index (χ1v) is 11.7. The monoisotopic (exact) mass is 481 g/mol. The van der Waals surface area contributed by atoms with Crippen LogP contribution in [0.25, 0.3) is 22.0 Å². The molecule has 2 atom stereocenters. The van der Waals surface area contributed by atoms with Gasteiger partial charge in [0, 0.05) is 37.5 Å². The first-order chi connectivity index (χ1) is 16.4. The Balaban J connectivity index is 1.36. The molecule has 0 saturated carbocycles. The zero-order valence-corrected chi connectivity index (χ0v) is 19.5. The van der Waals surface area contributed by atoms with E-state index in [4.69, 9.17) is 11.6 Å². The highest BCUT2D eigenvalue weighted by Gasteiger charge is 2.33. The first-order valence-electron chi connectivity index (χ1n) is 11.4. The number of carbonyl (C=O) groups excluding carboxylic acids is 1. The van der Waals surface area contributed by atoms with Crippen LogP contribution in [0.3, 0.4) is 0 Å². The number of benzene rings is 2. The first kappa shape index (κ1) is 22.6. The summed E-state index contributed by atoms with van der Waals surface area (Å²) in [6.07, 6.45) is 2.31. The van der Waals surface area contributed by atoms with Gasteiger partial charge in [0.05, 0.1) is 16.2 Å². The van der Waals surface area contributed by atoms with E-state index in [1.165, 1.54) is 11.0 Å². The summed E-state index contributed by atoms with van der Waals surface area (Å²) in [6, 6.07) is 12.4. The Morgan fingerprint density at radius 3 is 2.82 bits per heavy atom. The third kappa shape index (κ3) is 4.31. The standard InChI is InChI=1S/C25H25ClFN5O2/c1-2-24(33)31-8-7-15(14-31)9-23-29-30-25(34)32(23)22-6-5-16(11-20(22)27)17-3-4-18-10-19(26)13-28-21(18)12-17/h3-6,10-13,15,25,30,34H,2,7-9,14H2,1H3/t15-,25?/m0/s1. The highest BCUT2D eigenvalue weighted by Crippen LogP contribution is 2.32. The van der Waals surface area contributed by atoms with Gasteiger partial charge in [0.15, 0.2) is 0 Å². The molecular formula is C25H25ClFN5O2. The average molecular weight is 482 g/mol. The summed E-state index contributed by atoms with van der Waals surface area (Å²) >= 11 is 6.01. The number of hydrazone groups is 1. The topological polar surface area (TPSA) is 81.1 Å². The Morgan fingerprint density at radius 1 is 1.24 bits per heavy atom. The predicted octanol–water partition coefficient (Wildman–Crippen LogP) is 4.34. The smallest absolute Gasteiger partial charge is 0.225 e. The van der Waals surface area contributed by atoms with Crippen LogP contribution in [0, 0.1) is 11.7 Å². The minimum absolute atomic E-state index is 0.138. The third-order valence-electron chi connectivity index (χ3n) is 6.44. The van der Waals surface area contributed by atoms with Crippen molar-refractivity contribution in [2.75, 3.05) is 18.0 Å². The fourth-order valence-corrected chi connectivity index (χ4v) is 4.83. The maximum atomic E-state index is 15.3. The lowest BCUT2D eigenvalue weighted by Crippen LogP contribution is -2.41. The number of nitrogens with one attached hydrogen (secondary N) is 1. The normalized spacial score (nSPS) is 20.1. The van der Waals surface area contributed by atoms with Crippen LogP contribution in [-0.2, 0) is 4.79 Å². The number of aromatic nitrogens is 1. The molecule has 1 unspecified atom stereocenters. The second kappa shape index (κ2) is 9.19. The van der Waals surface area contributed by atoms with Crippen molar-refractivity contribution in [2.24, 2.45) is 11.0 Å². The van der Waals surface area contributed by atoms with Gasteiger partial charge in [0.2, 0.25) is 12.3 Å². The Bertz CT molecular complexity index is 1280. The second-order valence-corrected chi connectivity index (χ2v) is 9.12. The molecule has 3 heterocycles. The molecule has 0 aliphatic carbocycles. The number of fused-ring (bicyclic) bond motifs is 1. The number of carbonyl (C=O) groups is 1. The largest absolute Gasteiger partial charge is 0.355 e. The summed E-state index contributed by atoms with van der Waals surface area (Å²) in [7, 11) is 0. The van der Waals surface area contributed by atoms with Gasteiger partial charge in [0.25, 0.3) is 0 Å². The number of halogens is 2. The molecule has 9 heteroatoms. The van der Waals surface area contributed by atoms with Gasteiger partial charge in [-0.1, -0.05) is 36.7 Å². The molecule has 1 amide bonds. The van der Waals surface area contributed by atoms with E-state index in [0.29, 0.717) is 35.8 Å². The maximum Gasteiger partial charge on any atom is 0.225 e. The molecule has 1 saturated heterocycles. The van der Waals surface area contributed by atoms with Gasteiger partial charge in [0.1, 0.15) is 11.7 Å². The number of aliphatic hydroxyl groups excluding tert-OH is 1. The zero-order valence-electron chi connectivity index (χ0n) is 18.7. The SMILES string of the molecule is CCC(=O)N1CC[C@@H](CC2=NNC(O)N2c2ccc(-c3ccc4cc(Cl)cnc4c3)cc2F)C1. The van der Waals surface area contributed by atoms with E-state index < -0.39 is 12.2 Å². The Hall–Kier alpha value is -3.23. The molecule has 2 aliphatic rings. The maximum absolute atomic E-state index is 15.3. The van der Waals surface area contributed by atoms with Gasteiger partial charge < -0.3 is 10.0 Å². The summed E-state index contributed by atoms with van der Waals surface area (Å²) in [5, 5.41) is 16.2. The second-order valence-electron chi connectivity index (χ2n) is 8.68. The molecule has 1 fully saturated rings. The number of anilines is 1. The molecule has 5 rings (SSSR count). The summed E-state index contributed by atoms with van der Waals surface area (Å²) in [5.74, 6) is 0.442. The number of likely N-dealkylation sites (tertiary alicyclic amines) is 1. The molecule has 2 aromatic carbocycles.